The van der Waals surface area contributed by atoms with Crippen LogP contribution in [0.1, 0.15) is 38.2 Å². The molecule has 1 atom stereocenters. The SMILES string of the molecule is C[C@H](OC(=O)/C=C/c1ccc(OC(F)F)cc1)C(=O)NC(=O)NC1CCCC1. The van der Waals surface area contributed by atoms with Gasteiger partial charge in [-0.2, -0.15) is 8.78 Å². The Bertz CT molecular complexity index is 716. The molecule has 28 heavy (non-hydrogen) atoms. The van der Waals surface area contributed by atoms with Gasteiger partial charge in [0.1, 0.15) is 5.75 Å². The molecule has 0 radical (unpaired) electrons. The van der Waals surface area contributed by atoms with E-state index in [1.807, 2.05) is 0 Å². The summed E-state index contributed by atoms with van der Waals surface area (Å²) < 4.78 is 33.3. The number of rotatable bonds is 7. The first-order chi connectivity index (χ1) is 13.3. The van der Waals surface area contributed by atoms with Crippen LogP contribution >= 0.6 is 0 Å². The van der Waals surface area contributed by atoms with Crippen LogP contribution in [0.2, 0.25) is 0 Å². The minimum Gasteiger partial charge on any atom is -0.449 e. The van der Waals surface area contributed by atoms with Crippen LogP contribution in [0.3, 0.4) is 0 Å². The zero-order chi connectivity index (χ0) is 20.5. The molecule has 1 aliphatic carbocycles. The van der Waals surface area contributed by atoms with Crippen LogP contribution in [0.4, 0.5) is 13.6 Å². The fourth-order valence-corrected chi connectivity index (χ4v) is 2.70. The van der Waals surface area contributed by atoms with Crippen LogP contribution in [0.25, 0.3) is 6.08 Å². The molecule has 1 aromatic rings. The first kappa shape index (κ1) is 21.3. The third kappa shape index (κ3) is 7.34. The van der Waals surface area contributed by atoms with E-state index in [0.29, 0.717) is 5.56 Å². The largest absolute Gasteiger partial charge is 0.449 e. The molecule has 0 aliphatic heterocycles. The summed E-state index contributed by atoms with van der Waals surface area (Å²) in [5, 5.41) is 4.84. The van der Waals surface area contributed by atoms with Gasteiger partial charge in [-0.1, -0.05) is 25.0 Å². The van der Waals surface area contributed by atoms with Crippen LogP contribution < -0.4 is 15.4 Å². The Hall–Kier alpha value is -2.97. The second kappa shape index (κ2) is 10.4. The molecule has 0 bridgehead atoms. The predicted octanol–water partition coefficient (Wildman–Crippen LogP) is 3.00. The standard InChI is InChI=1S/C19H22F2N2O5/c1-12(17(25)23-19(26)22-14-4-2-3-5-14)27-16(24)11-8-13-6-9-15(10-7-13)28-18(20)21/h6-12,14,18H,2-5H2,1H3,(H2,22,23,25,26)/b11-8+/t12-/m0/s1. The van der Waals surface area contributed by atoms with E-state index >= 15 is 0 Å². The van der Waals surface area contributed by atoms with E-state index in [1.54, 1.807) is 0 Å². The third-order valence-electron chi connectivity index (χ3n) is 4.11. The summed E-state index contributed by atoms with van der Waals surface area (Å²) in [6.07, 6.45) is 5.17. The van der Waals surface area contributed by atoms with Crippen molar-refractivity contribution in [3.8, 4) is 5.75 Å². The maximum absolute atomic E-state index is 12.1. The number of urea groups is 1. The van der Waals surface area contributed by atoms with Crippen molar-refractivity contribution in [3.05, 3.63) is 35.9 Å². The molecule has 1 aromatic carbocycles. The summed E-state index contributed by atoms with van der Waals surface area (Å²) in [6.45, 7) is -1.57. The molecule has 1 aliphatic rings. The summed E-state index contributed by atoms with van der Waals surface area (Å²) in [6, 6.07) is 5.06. The van der Waals surface area contributed by atoms with Crippen molar-refractivity contribution in [2.24, 2.45) is 0 Å². The minimum absolute atomic E-state index is 0.00380. The predicted molar refractivity (Wildman–Crippen MR) is 96.6 cm³/mol. The third-order valence-corrected chi connectivity index (χ3v) is 4.11. The fraction of sp³-hybridized carbons (Fsp3) is 0.421. The first-order valence-electron chi connectivity index (χ1n) is 8.88. The molecule has 0 saturated heterocycles. The van der Waals surface area contributed by atoms with Crippen molar-refractivity contribution >= 4 is 24.0 Å². The highest BCUT2D eigenvalue weighted by molar-refractivity contribution is 5.98. The molecular formula is C19H22F2N2O5. The molecule has 0 spiro atoms. The van der Waals surface area contributed by atoms with Gasteiger partial charge in [0.25, 0.3) is 5.91 Å². The van der Waals surface area contributed by atoms with Crippen molar-refractivity contribution in [3.63, 3.8) is 0 Å². The maximum atomic E-state index is 12.1. The molecular weight excluding hydrogens is 374 g/mol. The van der Waals surface area contributed by atoms with E-state index in [9.17, 15) is 23.2 Å². The van der Waals surface area contributed by atoms with Crippen molar-refractivity contribution in [2.75, 3.05) is 0 Å². The summed E-state index contributed by atoms with van der Waals surface area (Å²) in [5.74, 6) is -1.52. The highest BCUT2D eigenvalue weighted by Gasteiger charge is 2.22. The van der Waals surface area contributed by atoms with Crippen LogP contribution in [-0.4, -0.2) is 36.7 Å². The number of hydrogen-bond donors (Lipinski definition) is 2. The molecule has 0 heterocycles. The number of esters is 1. The zero-order valence-corrected chi connectivity index (χ0v) is 15.3. The van der Waals surface area contributed by atoms with Gasteiger partial charge in [-0.05, 0) is 43.5 Å². The fourth-order valence-electron chi connectivity index (χ4n) is 2.70. The van der Waals surface area contributed by atoms with Gasteiger partial charge in [-0.25, -0.2) is 9.59 Å². The Morgan fingerprint density at radius 3 is 2.39 bits per heavy atom. The number of carbonyl (C=O) groups excluding carboxylic acids is 3. The van der Waals surface area contributed by atoms with Crippen LogP contribution in [0.5, 0.6) is 5.75 Å². The molecule has 152 valence electrons. The number of nitrogens with one attached hydrogen (secondary N) is 2. The number of hydrogen-bond acceptors (Lipinski definition) is 5. The lowest BCUT2D eigenvalue weighted by atomic mass is 10.2. The average Bonchev–Trinajstić information content (AvgIpc) is 3.13. The topological polar surface area (TPSA) is 93.7 Å². The van der Waals surface area contributed by atoms with E-state index in [2.05, 4.69) is 15.4 Å². The summed E-state index contributed by atoms with van der Waals surface area (Å²) in [5.41, 5.74) is 0.548. The molecule has 1 fully saturated rings. The van der Waals surface area contributed by atoms with Crippen molar-refractivity contribution in [1.82, 2.24) is 10.6 Å². The second-order valence-corrected chi connectivity index (χ2v) is 6.30. The normalized spacial score (nSPS) is 15.4. The second-order valence-electron chi connectivity index (χ2n) is 6.30. The number of ether oxygens (including phenoxy) is 2. The minimum atomic E-state index is -2.91. The van der Waals surface area contributed by atoms with Crippen LogP contribution in [0.15, 0.2) is 30.3 Å². The monoisotopic (exact) mass is 396 g/mol. The number of carbonyl (C=O) groups is 3. The van der Waals surface area contributed by atoms with Gasteiger partial charge in [0, 0.05) is 12.1 Å². The Morgan fingerprint density at radius 1 is 1.14 bits per heavy atom. The Labute approximate surface area is 161 Å². The first-order valence-corrected chi connectivity index (χ1v) is 8.88. The van der Waals surface area contributed by atoms with E-state index in [0.717, 1.165) is 31.8 Å². The van der Waals surface area contributed by atoms with E-state index < -0.39 is 30.6 Å². The molecule has 0 aromatic heterocycles. The highest BCUT2D eigenvalue weighted by Crippen LogP contribution is 2.17. The van der Waals surface area contributed by atoms with Gasteiger partial charge in [0.2, 0.25) is 0 Å². The Balaban J connectivity index is 1.76. The lowest BCUT2D eigenvalue weighted by Crippen LogP contribution is -2.47. The van der Waals surface area contributed by atoms with Gasteiger partial charge in [0.05, 0.1) is 0 Å². The van der Waals surface area contributed by atoms with Gasteiger partial charge in [0.15, 0.2) is 6.10 Å². The van der Waals surface area contributed by atoms with E-state index in [1.165, 1.54) is 37.3 Å². The average molecular weight is 396 g/mol. The number of amides is 3. The van der Waals surface area contributed by atoms with Crippen molar-refractivity contribution in [2.45, 2.75) is 51.4 Å². The Morgan fingerprint density at radius 2 is 1.79 bits per heavy atom. The zero-order valence-electron chi connectivity index (χ0n) is 15.3. The summed E-state index contributed by atoms with van der Waals surface area (Å²) >= 11 is 0. The van der Waals surface area contributed by atoms with Gasteiger partial charge >= 0.3 is 18.6 Å². The van der Waals surface area contributed by atoms with Crippen molar-refractivity contribution in [1.29, 1.82) is 0 Å². The molecule has 0 unspecified atom stereocenters. The maximum Gasteiger partial charge on any atom is 0.387 e. The Kier molecular flexibility index (Phi) is 7.91. The molecule has 2 rings (SSSR count). The lowest BCUT2D eigenvalue weighted by Gasteiger charge is -2.15. The molecule has 1 saturated carbocycles. The molecule has 2 N–H and O–H groups in total. The van der Waals surface area contributed by atoms with Gasteiger partial charge in [-0.3, -0.25) is 10.1 Å². The summed E-state index contributed by atoms with van der Waals surface area (Å²) in [7, 11) is 0. The molecule has 7 nitrogen and oxygen atoms in total. The number of imide groups is 1. The van der Waals surface area contributed by atoms with Crippen LogP contribution in [0, 0.1) is 0 Å². The number of benzene rings is 1. The van der Waals surface area contributed by atoms with Gasteiger partial charge in [-0.15, -0.1) is 0 Å². The van der Waals surface area contributed by atoms with Crippen LogP contribution in [-0.2, 0) is 14.3 Å². The lowest BCUT2D eigenvalue weighted by molar-refractivity contribution is -0.149. The van der Waals surface area contributed by atoms with E-state index in [-0.39, 0.29) is 11.8 Å². The smallest absolute Gasteiger partial charge is 0.387 e. The molecule has 3 amide bonds. The van der Waals surface area contributed by atoms with Crippen molar-refractivity contribution < 1.29 is 32.6 Å². The number of halogens is 2. The number of alkyl halides is 2. The van der Waals surface area contributed by atoms with Gasteiger partial charge < -0.3 is 14.8 Å². The quantitative estimate of drug-likeness (QED) is 0.546. The van der Waals surface area contributed by atoms with E-state index in [4.69, 9.17) is 4.74 Å². The summed E-state index contributed by atoms with van der Waals surface area (Å²) in [4.78, 5) is 35.5. The highest BCUT2D eigenvalue weighted by atomic mass is 19.3. The molecule has 9 heteroatoms.